The van der Waals surface area contributed by atoms with E-state index in [1.807, 2.05) is 11.0 Å². The lowest BCUT2D eigenvalue weighted by molar-refractivity contribution is -0.137. The maximum Gasteiger partial charge on any atom is 0.226 e. The average Bonchev–Trinajstić information content (AvgIpc) is 3.06. The Balaban J connectivity index is 1.47. The van der Waals surface area contributed by atoms with Crippen molar-refractivity contribution in [2.75, 3.05) is 44.4 Å². The van der Waals surface area contributed by atoms with Crippen LogP contribution in [0, 0.1) is 5.92 Å². The first-order valence-corrected chi connectivity index (χ1v) is 8.35. The fraction of sp³-hybridized carbons (Fsp3) is 0.688. The number of carbonyl (C=O) groups is 1. The van der Waals surface area contributed by atoms with Crippen molar-refractivity contribution in [2.45, 2.75) is 25.0 Å². The van der Waals surface area contributed by atoms with Crippen LogP contribution >= 0.6 is 0 Å². The van der Waals surface area contributed by atoms with Crippen LogP contribution in [0.5, 0.6) is 0 Å². The van der Waals surface area contributed by atoms with Crippen molar-refractivity contribution in [3.05, 3.63) is 18.5 Å². The Kier molecular flexibility index (Phi) is 4.13. The minimum Gasteiger partial charge on any atom is -0.381 e. The van der Waals surface area contributed by atoms with Gasteiger partial charge in [-0.25, -0.2) is 9.97 Å². The second-order valence-corrected chi connectivity index (χ2v) is 6.35. The van der Waals surface area contributed by atoms with E-state index in [9.17, 15) is 4.79 Å². The van der Waals surface area contributed by atoms with E-state index in [4.69, 9.17) is 9.47 Å². The molecule has 0 N–H and O–H groups in total. The topological polar surface area (TPSA) is 67.8 Å². The van der Waals surface area contributed by atoms with Gasteiger partial charge in [-0.3, -0.25) is 4.79 Å². The van der Waals surface area contributed by atoms with Gasteiger partial charge >= 0.3 is 0 Å². The second-order valence-electron chi connectivity index (χ2n) is 6.35. The highest BCUT2D eigenvalue weighted by Crippen LogP contribution is 2.28. The number of hydrogen-bond donors (Lipinski definition) is 0. The molecule has 0 aliphatic carbocycles. The standard InChI is InChI=1S/C16H22N4O3/c21-15(12-2-7-22-8-3-12)19-10-13-14(11-19)23-9-6-20(13)16-17-4-1-5-18-16/h1,4-5,12-14H,2-3,6-11H2/t13-,14+/m1/s1. The minimum absolute atomic E-state index is 0.0522. The Morgan fingerprint density at radius 1 is 1.13 bits per heavy atom. The van der Waals surface area contributed by atoms with Gasteiger partial charge in [-0.15, -0.1) is 0 Å². The van der Waals surface area contributed by atoms with Crippen molar-refractivity contribution in [2.24, 2.45) is 5.92 Å². The SMILES string of the molecule is O=C(C1CCOCC1)N1C[C@@H]2OCCN(c3ncccn3)[C@@H]2C1. The van der Waals surface area contributed by atoms with Crippen LogP contribution in [0.15, 0.2) is 18.5 Å². The lowest BCUT2D eigenvalue weighted by Gasteiger charge is -2.36. The van der Waals surface area contributed by atoms with Gasteiger partial charge in [0, 0.05) is 51.2 Å². The van der Waals surface area contributed by atoms with Crippen LogP contribution in [0.4, 0.5) is 5.95 Å². The van der Waals surface area contributed by atoms with E-state index in [2.05, 4.69) is 14.9 Å². The summed E-state index contributed by atoms with van der Waals surface area (Å²) in [4.78, 5) is 25.6. The Bertz CT molecular complexity index is 550. The summed E-state index contributed by atoms with van der Waals surface area (Å²) in [5.74, 6) is 1.08. The number of likely N-dealkylation sites (tertiary alicyclic amines) is 1. The van der Waals surface area contributed by atoms with Crippen LogP contribution in [0.2, 0.25) is 0 Å². The summed E-state index contributed by atoms with van der Waals surface area (Å²) >= 11 is 0. The Hall–Kier alpha value is -1.73. The summed E-state index contributed by atoms with van der Waals surface area (Å²) in [6.45, 7) is 4.17. The van der Waals surface area contributed by atoms with Gasteiger partial charge in [0.05, 0.1) is 18.8 Å². The fourth-order valence-electron chi connectivity index (χ4n) is 3.76. The van der Waals surface area contributed by atoms with Gasteiger partial charge < -0.3 is 19.3 Å². The molecule has 1 amide bonds. The molecule has 3 aliphatic heterocycles. The molecule has 0 unspecified atom stereocenters. The first-order valence-electron chi connectivity index (χ1n) is 8.35. The first-order chi connectivity index (χ1) is 11.3. The molecule has 0 aromatic carbocycles. The van der Waals surface area contributed by atoms with Crippen LogP contribution in [0.3, 0.4) is 0 Å². The van der Waals surface area contributed by atoms with E-state index < -0.39 is 0 Å². The van der Waals surface area contributed by atoms with Gasteiger partial charge in [0.1, 0.15) is 0 Å². The molecule has 2 atom stereocenters. The molecule has 124 valence electrons. The monoisotopic (exact) mass is 318 g/mol. The number of morpholine rings is 1. The minimum atomic E-state index is 0.0522. The van der Waals surface area contributed by atoms with Crippen molar-refractivity contribution in [1.82, 2.24) is 14.9 Å². The molecule has 4 rings (SSSR count). The summed E-state index contributed by atoms with van der Waals surface area (Å²) in [6.07, 6.45) is 5.23. The van der Waals surface area contributed by atoms with Gasteiger partial charge in [-0.05, 0) is 18.9 Å². The largest absolute Gasteiger partial charge is 0.381 e. The Morgan fingerprint density at radius 2 is 1.91 bits per heavy atom. The van der Waals surface area contributed by atoms with Crippen molar-refractivity contribution in [3.63, 3.8) is 0 Å². The zero-order valence-corrected chi connectivity index (χ0v) is 13.1. The third kappa shape index (κ3) is 2.90. The van der Waals surface area contributed by atoms with E-state index in [1.165, 1.54) is 0 Å². The van der Waals surface area contributed by atoms with E-state index in [0.29, 0.717) is 32.9 Å². The molecule has 0 bridgehead atoms. The molecule has 3 fully saturated rings. The number of anilines is 1. The second kappa shape index (κ2) is 6.41. The summed E-state index contributed by atoms with van der Waals surface area (Å²) in [5, 5.41) is 0. The molecule has 7 nitrogen and oxygen atoms in total. The molecule has 3 aliphatic rings. The van der Waals surface area contributed by atoms with Gasteiger partial charge in [-0.1, -0.05) is 0 Å². The molecular weight excluding hydrogens is 296 g/mol. The number of ether oxygens (including phenoxy) is 2. The lowest BCUT2D eigenvalue weighted by atomic mass is 9.99. The highest BCUT2D eigenvalue weighted by atomic mass is 16.5. The number of aromatic nitrogens is 2. The van der Waals surface area contributed by atoms with Crippen LogP contribution in [0.25, 0.3) is 0 Å². The maximum absolute atomic E-state index is 12.8. The van der Waals surface area contributed by atoms with Crippen molar-refractivity contribution >= 4 is 11.9 Å². The molecule has 4 heterocycles. The van der Waals surface area contributed by atoms with Crippen LogP contribution in [-0.4, -0.2) is 72.4 Å². The first kappa shape index (κ1) is 14.8. The normalized spacial score (nSPS) is 28.7. The molecule has 1 aromatic heterocycles. The molecule has 7 heteroatoms. The number of carbonyl (C=O) groups excluding carboxylic acids is 1. The summed E-state index contributed by atoms with van der Waals surface area (Å²) in [6, 6.07) is 1.96. The quantitative estimate of drug-likeness (QED) is 0.782. The molecule has 1 aromatic rings. The van der Waals surface area contributed by atoms with Crippen LogP contribution in [-0.2, 0) is 14.3 Å². The predicted octanol–water partition coefficient (Wildman–Crippen LogP) is 0.319. The van der Waals surface area contributed by atoms with Crippen molar-refractivity contribution in [1.29, 1.82) is 0 Å². The van der Waals surface area contributed by atoms with Crippen LogP contribution in [0.1, 0.15) is 12.8 Å². The highest BCUT2D eigenvalue weighted by Gasteiger charge is 2.43. The summed E-state index contributed by atoms with van der Waals surface area (Å²) in [7, 11) is 0. The third-order valence-electron chi connectivity index (χ3n) is 4.99. The molecule has 0 saturated carbocycles. The molecule has 3 saturated heterocycles. The van der Waals surface area contributed by atoms with Gasteiger partial charge in [0.2, 0.25) is 11.9 Å². The van der Waals surface area contributed by atoms with Gasteiger partial charge in [0.15, 0.2) is 0 Å². The lowest BCUT2D eigenvalue weighted by Crippen LogP contribution is -2.51. The maximum atomic E-state index is 12.8. The Labute approximate surface area is 135 Å². The number of fused-ring (bicyclic) bond motifs is 1. The van der Waals surface area contributed by atoms with Gasteiger partial charge in [0.25, 0.3) is 0 Å². The highest BCUT2D eigenvalue weighted by molar-refractivity contribution is 5.79. The third-order valence-corrected chi connectivity index (χ3v) is 4.99. The Morgan fingerprint density at radius 3 is 2.70 bits per heavy atom. The fourth-order valence-corrected chi connectivity index (χ4v) is 3.76. The van der Waals surface area contributed by atoms with E-state index in [0.717, 1.165) is 25.3 Å². The molecular formula is C16H22N4O3. The number of nitrogens with zero attached hydrogens (tertiary/aromatic N) is 4. The number of hydrogen-bond acceptors (Lipinski definition) is 6. The number of amides is 1. The van der Waals surface area contributed by atoms with Crippen LogP contribution < -0.4 is 4.90 Å². The summed E-state index contributed by atoms with van der Waals surface area (Å²) in [5.41, 5.74) is 0. The molecule has 0 spiro atoms. The summed E-state index contributed by atoms with van der Waals surface area (Å²) < 4.78 is 11.3. The van der Waals surface area contributed by atoms with E-state index in [1.54, 1.807) is 12.4 Å². The number of rotatable bonds is 2. The average molecular weight is 318 g/mol. The van der Waals surface area contributed by atoms with Crippen molar-refractivity contribution < 1.29 is 14.3 Å². The molecule has 23 heavy (non-hydrogen) atoms. The predicted molar refractivity (Wildman–Crippen MR) is 83.0 cm³/mol. The molecule has 0 radical (unpaired) electrons. The zero-order chi connectivity index (χ0) is 15.6. The zero-order valence-electron chi connectivity index (χ0n) is 13.1. The van der Waals surface area contributed by atoms with Crippen molar-refractivity contribution in [3.8, 4) is 0 Å². The van der Waals surface area contributed by atoms with Gasteiger partial charge in [-0.2, -0.15) is 0 Å². The van der Waals surface area contributed by atoms with E-state index in [-0.39, 0.29) is 24.0 Å². The van der Waals surface area contributed by atoms with E-state index >= 15 is 0 Å². The smallest absolute Gasteiger partial charge is 0.226 e.